The van der Waals surface area contributed by atoms with E-state index < -0.39 is 11.9 Å². The zero-order valence-electron chi connectivity index (χ0n) is 15.6. The molecule has 10 heteroatoms. The second-order valence-electron chi connectivity index (χ2n) is 6.13. The summed E-state index contributed by atoms with van der Waals surface area (Å²) in [6.45, 7) is 5.48. The van der Waals surface area contributed by atoms with Crippen LogP contribution in [-0.4, -0.2) is 57.7 Å². The first-order chi connectivity index (χ1) is 13.0. The molecule has 9 nitrogen and oxygen atoms in total. The van der Waals surface area contributed by atoms with Crippen molar-refractivity contribution >= 4 is 23.7 Å². The summed E-state index contributed by atoms with van der Waals surface area (Å²) in [5, 5.41) is 13.9. The van der Waals surface area contributed by atoms with Crippen LogP contribution in [0.2, 0.25) is 0 Å². The summed E-state index contributed by atoms with van der Waals surface area (Å²) in [6.07, 6.45) is 3.36. The highest BCUT2D eigenvalue weighted by Crippen LogP contribution is 2.23. The maximum atomic E-state index is 12.0. The van der Waals surface area contributed by atoms with Gasteiger partial charge in [-0.25, -0.2) is 4.79 Å². The number of methoxy groups -OCH3 is 1. The van der Waals surface area contributed by atoms with Gasteiger partial charge in [0.15, 0.2) is 11.0 Å². The van der Waals surface area contributed by atoms with E-state index in [1.54, 1.807) is 19.5 Å². The number of amides is 3. The number of rotatable bonds is 9. The third-order valence-corrected chi connectivity index (χ3v) is 4.40. The average Bonchev–Trinajstić information content (AvgIpc) is 3.06. The van der Waals surface area contributed by atoms with Gasteiger partial charge in [-0.3, -0.25) is 19.7 Å². The topological polar surface area (TPSA) is 111 Å². The summed E-state index contributed by atoms with van der Waals surface area (Å²) >= 11 is 1.21. The van der Waals surface area contributed by atoms with Crippen LogP contribution in [0.3, 0.4) is 0 Å². The van der Waals surface area contributed by atoms with Gasteiger partial charge in [-0.1, -0.05) is 25.6 Å². The molecule has 0 radical (unpaired) electrons. The van der Waals surface area contributed by atoms with Crippen LogP contribution in [0, 0.1) is 5.92 Å². The lowest BCUT2D eigenvalue weighted by Crippen LogP contribution is -2.41. The van der Waals surface area contributed by atoms with E-state index in [1.165, 1.54) is 11.8 Å². The van der Waals surface area contributed by atoms with Crippen molar-refractivity contribution in [2.45, 2.75) is 25.5 Å². The van der Waals surface area contributed by atoms with Gasteiger partial charge in [0, 0.05) is 31.6 Å². The Hall–Kier alpha value is -2.46. The number of carbonyl (C=O) groups is 2. The van der Waals surface area contributed by atoms with Crippen molar-refractivity contribution in [2.24, 2.45) is 5.92 Å². The fourth-order valence-corrected chi connectivity index (χ4v) is 2.89. The van der Waals surface area contributed by atoms with Gasteiger partial charge in [-0.2, -0.15) is 0 Å². The zero-order valence-corrected chi connectivity index (χ0v) is 16.5. The first-order valence-electron chi connectivity index (χ1n) is 8.54. The molecular formula is C17H24N6O3S. The van der Waals surface area contributed by atoms with Crippen molar-refractivity contribution in [3.63, 3.8) is 0 Å². The van der Waals surface area contributed by atoms with Crippen LogP contribution in [0.5, 0.6) is 0 Å². The van der Waals surface area contributed by atoms with Gasteiger partial charge in [-0.05, 0) is 18.1 Å². The molecular weight excluding hydrogens is 368 g/mol. The molecule has 0 unspecified atom stereocenters. The second-order valence-corrected chi connectivity index (χ2v) is 7.07. The Morgan fingerprint density at radius 2 is 2.00 bits per heavy atom. The van der Waals surface area contributed by atoms with Gasteiger partial charge in [-0.15, -0.1) is 10.2 Å². The van der Waals surface area contributed by atoms with E-state index in [1.807, 2.05) is 30.5 Å². The van der Waals surface area contributed by atoms with Crippen LogP contribution >= 0.6 is 11.8 Å². The third kappa shape index (κ3) is 6.65. The smallest absolute Gasteiger partial charge is 0.321 e. The third-order valence-electron chi connectivity index (χ3n) is 3.43. The molecule has 146 valence electrons. The van der Waals surface area contributed by atoms with Crippen molar-refractivity contribution in [3.8, 4) is 11.4 Å². The summed E-state index contributed by atoms with van der Waals surface area (Å²) in [5.41, 5.74) is 0.873. The Morgan fingerprint density at radius 1 is 1.26 bits per heavy atom. The van der Waals surface area contributed by atoms with Crippen molar-refractivity contribution < 1.29 is 14.3 Å². The normalized spacial score (nSPS) is 10.8. The molecule has 0 saturated carbocycles. The molecule has 0 aliphatic carbocycles. The van der Waals surface area contributed by atoms with Crippen molar-refractivity contribution in [1.82, 2.24) is 30.4 Å². The number of thioether (sulfide) groups is 1. The summed E-state index contributed by atoms with van der Waals surface area (Å²) in [5.74, 6) is 0.641. The fraction of sp³-hybridized carbons (Fsp3) is 0.471. The SMILES string of the molecule is COCCn1c(SCC(=O)NC(=O)NCC(C)C)nnc1-c1ccncc1. The molecule has 2 aromatic rings. The van der Waals surface area contributed by atoms with Crippen molar-refractivity contribution in [3.05, 3.63) is 24.5 Å². The number of nitrogens with one attached hydrogen (secondary N) is 2. The summed E-state index contributed by atoms with van der Waals surface area (Å²) in [6, 6.07) is 3.19. The number of urea groups is 1. The van der Waals surface area contributed by atoms with Crippen molar-refractivity contribution in [1.29, 1.82) is 0 Å². The summed E-state index contributed by atoms with van der Waals surface area (Å²) in [7, 11) is 1.62. The Balaban J connectivity index is 2.00. The molecule has 0 fully saturated rings. The highest BCUT2D eigenvalue weighted by Gasteiger charge is 2.16. The number of hydrogen-bond donors (Lipinski definition) is 2. The number of aromatic nitrogens is 4. The quantitative estimate of drug-likeness (QED) is 0.623. The van der Waals surface area contributed by atoms with Gasteiger partial charge >= 0.3 is 6.03 Å². The first-order valence-corrected chi connectivity index (χ1v) is 9.52. The van der Waals surface area contributed by atoms with Crippen LogP contribution in [0.25, 0.3) is 11.4 Å². The van der Waals surface area contributed by atoms with E-state index in [4.69, 9.17) is 4.74 Å². The lowest BCUT2D eigenvalue weighted by atomic mass is 10.2. The van der Waals surface area contributed by atoms with Gasteiger partial charge in [0.2, 0.25) is 5.91 Å². The molecule has 2 heterocycles. The van der Waals surface area contributed by atoms with Crippen LogP contribution < -0.4 is 10.6 Å². The Bertz CT molecular complexity index is 750. The molecule has 0 aromatic carbocycles. The van der Waals surface area contributed by atoms with Crippen LogP contribution in [0.4, 0.5) is 4.79 Å². The monoisotopic (exact) mass is 392 g/mol. The van der Waals surface area contributed by atoms with Crippen LogP contribution in [0.15, 0.2) is 29.7 Å². The van der Waals surface area contributed by atoms with E-state index in [2.05, 4.69) is 25.8 Å². The molecule has 2 N–H and O–H groups in total. The molecule has 2 rings (SSSR count). The lowest BCUT2D eigenvalue weighted by Gasteiger charge is -2.10. The minimum Gasteiger partial charge on any atom is -0.383 e. The highest BCUT2D eigenvalue weighted by molar-refractivity contribution is 7.99. The minimum absolute atomic E-state index is 0.0521. The molecule has 2 aromatic heterocycles. The number of hydrogen-bond acceptors (Lipinski definition) is 7. The summed E-state index contributed by atoms with van der Waals surface area (Å²) in [4.78, 5) is 27.7. The predicted molar refractivity (Wildman–Crippen MR) is 102 cm³/mol. The van der Waals surface area contributed by atoms with Crippen LogP contribution in [-0.2, 0) is 16.1 Å². The van der Waals surface area contributed by atoms with E-state index in [9.17, 15) is 9.59 Å². The van der Waals surface area contributed by atoms with Crippen molar-refractivity contribution in [2.75, 3.05) is 26.0 Å². The highest BCUT2D eigenvalue weighted by atomic mass is 32.2. The maximum Gasteiger partial charge on any atom is 0.321 e. The second kappa shape index (κ2) is 10.6. The average molecular weight is 392 g/mol. The summed E-state index contributed by atoms with van der Waals surface area (Å²) < 4.78 is 7.04. The Labute approximate surface area is 162 Å². The number of nitrogens with zero attached hydrogens (tertiary/aromatic N) is 4. The van der Waals surface area contributed by atoms with Gasteiger partial charge < -0.3 is 10.1 Å². The van der Waals surface area contributed by atoms with Crippen LogP contribution in [0.1, 0.15) is 13.8 Å². The fourth-order valence-electron chi connectivity index (χ4n) is 2.13. The minimum atomic E-state index is -0.493. The molecule has 0 saturated heterocycles. The molecule has 27 heavy (non-hydrogen) atoms. The standard InChI is InChI=1S/C17H24N6O3S/c1-12(2)10-19-16(25)20-14(24)11-27-17-22-21-15(23(17)8-9-26-3)13-4-6-18-7-5-13/h4-7,12H,8-11H2,1-3H3,(H2,19,20,24,25). The predicted octanol–water partition coefficient (Wildman–Crippen LogP) is 1.56. The number of ether oxygens (including phenoxy) is 1. The van der Waals surface area contributed by atoms with Gasteiger partial charge in [0.25, 0.3) is 0 Å². The van der Waals surface area contributed by atoms with Gasteiger partial charge in [0.05, 0.1) is 18.9 Å². The number of imide groups is 1. The Morgan fingerprint density at radius 3 is 2.67 bits per heavy atom. The van der Waals surface area contributed by atoms with E-state index in [-0.39, 0.29) is 5.75 Å². The zero-order chi connectivity index (χ0) is 19.6. The largest absolute Gasteiger partial charge is 0.383 e. The molecule has 0 aliphatic rings. The molecule has 0 bridgehead atoms. The number of pyridine rings is 1. The van der Waals surface area contributed by atoms with Gasteiger partial charge in [0.1, 0.15) is 0 Å². The lowest BCUT2D eigenvalue weighted by molar-refractivity contribution is -0.117. The maximum absolute atomic E-state index is 12.0. The molecule has 0 aliphatic heterocycles. The first kappa shape index (κ1) is 20.8. The van der Waals surface area contributed by atoms with E-state index in [0.29, 0.717) is 36.6 Å². The molecule has 3 amide bonds. The Kier molecular flexibility index (Phi) is 8.21. The number of carbonyl (C=O) groups excluding carboxylic acids is 2. The van der Waals surface area contributed by atoms with E-state index >= 15 is 0 Å². The molecule has 0 atom stereocenters. The van der Waals surface area contributed by atoms with E-state index in [0.717, 1.165) is 5.56 Å². The molecule has 0 spiro atoms.